The third-order valence-corrected chi connectivity index (χ3v) is 2.77. The van der Waals surface area contributed by atoms with Gasteiger partial charge in [0.25, 0.3) is 0 Å². The summed E-state index contributed by atoms with van der Waals surface area (Å²) in [5.41, 5.74) is 5.47. The van der Waals surface area contributed by atoms with Crippen LogP contribution < -0.4 is 5.43 Å². The van der Waals surface area contributed by atoms with Gasteiger partial charge in [0.2, 0.25) is 5.95 Å². The second-order valence-corrected chi connectivity index (χ2v) is 4.70. The molecule has 0 aromatic carbocycles. The molecular weight excluding hydrogens is 234 g/mol. The number of nitrogens with one attached hydrogen (secondary N) is 1. The molecular formula is C11H13N5S. The van der Waals surface area contributed by atoms with Crippen LogP contribution in [0.1, 0.15) is 22.1 Å². The van der Waals surface area contributed by atoms with Crippen LogP contribution >= 0.6 is 11.3 Å². The van der Waals surface area contributed by atoms with Gasteiger partial charge in [-0.1, -0.05) is 0 Å². The van der Waals surface area contributed by atoms with E-state index in [1.165, 1.54) is 0 Å². The number of anilines is 1. The third-order valence-electron chi connectivity index (χ3n) is 1.98. The first-order valence-corrected chi connectivity index (χ1v) is 6.05. The normalized spacial score (nSPS) is 11.0. The van der Waals surface area contributed by atoms with Crippen LogP contribution in [0.5, 0.6) is 0 Å². The van der Waals surface area contributed by atoms with Gasteiger partial charge in [-0.25, -0.2) is 20.4 Å². The Balaban J connectivity index is 2.04. The van der Waals surface area contributed by atoms with E-state index >= 15 is 0 Å². The second-order valence-electron chi connectivity index (χ2n) is 3.64. The topological polar surface area (TPSA) is 63.1 Å². The first kappa shape index (κ1) is 11.7. The Labute approximate surface area is 104 Å². The van der Waals surface area contributed by atoms with Gasteiger partial charge in [0.1, 0.15) is 0 Å². The van der Waals surface area contributed by atoms with Gasteiger partial charge < -0.3 is 0 Å². The van der Waals surface area contributed by atoms with Crippen LogP contribution in [0.4, 0.5) is 5.95 Å². The summed E-state index contributed by atoms with van der Waals surface area (Å²) in [4.78, 5) is 12.7. The minimum Gasteiger partial charge on any atom is -0.245 e. The lowest BCUT2D eigenvalue weighted by molar-refractivity contribution is 1.03. The zero-order valence-corrected chi connectivity index (χ0v) is 10.7. The Morgan fingerprint density at radius 3 is 2.47 bits per heavy atom. The third kappa shape index (κ3) is 3.32. The molecule has 0 spiro atoms. The van der Waals surface area contributed by atoms with Gasteiger partial charge >= 0.3 is 0 Å². The Morgan fingerprint density at radius 2 is 1.88 bits per heavy atom. The lowest BCUT2D eigenvalue weighted by Gasteiger charge is -2.00. The Hall–Kier alpha value is -1.82. The molecule has 0 aliphatic heterocycles. The van der Waals surface area contributed by atoms with Crippen LogP contribution in [0.15, 0.2) is 16.5 Å². The molecule has 0 atom stereocenters. The van der Waals surface area contributed by atoms with Gasteiger partial charge in [0.05, 0.1) is 16.9 Å². The fourth-order valence-electron chi connectivity index (χ4n) is 1.37. The highest BCUT2D eigenvalue weighted by molar-refractivity contribution is 7.09. The Morgan fingerprint density at radius 1 is 1.18 bits per heavy atom. The van der Waals surface area contributed by atoms with E-state index in [0.29, 0.717) is 5.95 Å². The summed E-state index contributed by atoms with van der Waals surface area (Å²) in [6, 6.07) is 1.92. The Kier molecular flexibility index (Phi) is 3.43. The summed E-state index contributed by atoms with van der Waals surface area (Å²) in [6.07, 6.45) is 1.66. The molecule has 0 aliphatic rings. The monoisotopic (exact) mass is 247 g/mol. The van der Waals surface area contributed by atoms with Gasteiger partial charge in [-0.05, 0) is 26.8 Å². The number of hydrazone groups is 1. The molecule has 2 heterocycles. The number of aromatic nitrogens is 3. The summed E-state index contributed by atoms with van der Waals surface area (Å²) in [5.74, 6) is 0.505. The number of thiazole rings is 1. The lowest BCUT2D eigenvalue weighted by atomic mass is 10.4. The highest BCUT2D eigenvalue weighted by atomic mass is 32.1. The maximum atomic E-state index is 4.27. The van der Waals surface area contributed by atoms with Crippen molar-refractivity contribution in [1.29, 1.82) is 0 Å². The molecule has 0 amide bonds. The molecule has 88 valence electrons. The molecule has 0 aliphatic carbocycles. The van der Waals surface area contributed by atoms with Crippen molar-refractivity contribution in [3.63, 3.8) is 0 Å². The van der Waals surface area contributed by atoms with Crippen LogP contribution in [0.3, 0.4) is 0 Å². The van der Waals surface area contributed by atoms with Gasteiger partial charge in [0.15, 0.2) is 0 Å². The smallest absolute Gasteiger partial charge is 0.243 e. The average molecular weight is 247 g/mol. The summed E-state index contributed by atoms with van der Waals surface area (Å²) < 4.78 is 0. The first-order chi connectivity index (χ1) is 8.13. The van der Waals surface area contributed by atoms with E-state index in [4.69, 9.17) is 0 Å². The zero-order chi connectivity index (χ0) is 12.3. The largest absolute Gasteiger partial charge is 0.245 e. The minimum atomic E-state index is 0.505. The maximum Gasteiger partial charge on any atom is 0.243 e. The van der Waals surface area contributed by atoms with E-state index in [2.05, 4.69) is 25.5 Å². The number of rotatable bonds is 3. The highest BCUT2D eigenvalue weighted by Crippen LogP contribution is 2.06. The predicted molar refractivity (Wildman–Crippen MR) is 69.6 cm³/mol. The standard InChI is InChI=1S/C11H13N5S/c1-7-4-8(2)14-11(13-7)16-12-5-10-6-17-9(3)15-10/h4-6H,1-3H3,(H,13,14,16)/b12-5-. The summed E-state index contributed by atoms with van der Waals surface area (Å²) in [7, 11) is 0. The molecule has 5 nitrogen and oxygen atoms in total. The molecule has 0 saturated heterocycles. The Bertz CT molecular complexity index is 526. The molecule has 17 heavy (non-hydrogen) atoms. The van der Waals surface area contributed by atoms with Crippen molar-refractivity contribution in [3.8, 4) is 0 Å². The molecule has 0 bridgehead atoms. The van der Waals surface area contributed by atoms with Gasteiger partial charge in [0, 0.05) is 16.8 Å². The highest BCUT2D eigenvalue weighted by Gasteiger charge is 1.97. The predicted octanol–water partition coefficient (Wildman–Crippen LogP) is 2.30. The van der Waals surface area contributed by atoms with E-state index in [9.17, 15) is 0 Å². The van der Waals surface area contributed by atoms with Crippen molar-refractivity contribution in [2.75, 3.05) is 5.43 Å². The SMILES string of the molecule is Cc1cc(C)nc(N/N=C\c2csc(C)n2)n1. The molecule has 0 radical (unpaired) electrons. The maximum absolute atomic E-state index is 4.27. The van der Waals surface area contributed by atoms with Crippen molar-refractivity contribution >= 4 is 23.5 Å². The summed E-state index contributed by atoms with van der Waals surface area (Å²) in [6.45, 7) is 5.81. The summed E-state index contributed by atoms with van der Waals surface area (Å²) in [5, 5.41) is 7.02. The van der Waals surface area contributed by atoms with Crippen molar-refractivity contribution in [2.45, 2.75) is 20.8 Å². The molecule has 2 rings (SSSR count). The fraction of sp³-hybridized carbons (Fsp3) is 0.273. The van der Waals surface area contributed by atoms with Crippen LogP contribution in [0.25, 0.3) is 0 Å². The van der Waals surface area contributed by atoms with E-state index in [1.807, 2.05) is 32.2 Å². The van der Waals surface area contributed by atoms with E-state index in [-0.39, 0.29) is 0 Å². The van der Waals surface area contributed by atoms with E-state index in [0.717, 1.165) is 22.1 Å². The molecule has 0 fully saturated rings. The molecule has 1 N–H and O–H groups in total. The molecule has 2 aromatic rings. The number of hydrogen-bond donors (Lipinski definition) is 1. The first-order valence-electron chi connectivity index (χ1n) is 5.17. The molecule has 2 aromatic heterocycles. The number of hydrogen-bond acceptors (Lipinski definition) is 6. The fourth-order valence-corrected chi connectivity index (χ4v) is 1.93. The molecule has 6 heteroatoms. The van der Waals surface area contributed by atoms with Crippen molar-refractivity contribution in [2.24, 2.45) is 5.10 Å². The van der Waals surface area contributed by atoms with Crippen molar-refractivity contribution in [3.05, 3.63) is 33.5 Å². The molecule has 0 unspecified atom stereocenters. The van der Waals surface area contributed by atoms with Crippen LogP contribution in [0, 0.1) is 20.8 Å². The zero-order valence-electron chi connectivity index (χ0n) is 9.93. The number of aryl methyl sites for hydroxylation is 3. The second kappa shape index (κ2) is 5.01. The quantitative estimate of drug-likeness (QED) is 0.667. The molecule has 0 saturated carbocycles. The van der Waals surface area contributed by atoms with Crippen LogP contribution in [-0.2, 0) is 0 Å². The van der Waals surface area contributed by atoms with Gasteiger partial charge in [-0.3, -0.25) is 0 Å². The summed E-state index contributed by atoms with van der Waals surface area (Å²) >= 11 is 1.59. The van der Waals surface area contributed by atoms with Crippen molar-refractivity contribution in [1.82, 2.24) is 15.0 Å². The van der Waals surface area contributed by atoms with E-state index < -0.39 is 0 Å². The van der Waals surface area contributed by atoms with Crippen LogP contribution in [-0.4, -0.2) is 21.2 Å². The number of nitrogens with zero attached hydrogens (tertiary/aromatic N) is 4. The van der Waals surface area contributed by atoms with Crippen LogP contribution in [0.2, 0.25) is 0 Å². The average Bonchev–Trinajstić information content (AvgIpc) is 2.63. The van der Waals surface area contributed by atoms with Crippen molar-refractivity contribution < 1.29 is 0 Å². The van der Waals surface area contributed by atoms with E-state index in [1.54, 1.807) is 17.6 Å². The van der Waals surface area contributed by atoms with Gasteiger partial charge in [-0.2, -0.15) is 5.10 Å². The minimum absolute atomic E-state index is 0.505. The van der Waals surface area contributed by atoms with Gasteiger partial charge in [-0.15, -0.1) is 11.3 Å². The lowest BCUT2D eigenvalue weighted by Crippen LogP contribution is -1.99.